The van der Waals surface area contributed by atoms with Crippen LogP contribution in [-0.2, 0) is 0 Å². The highest BCUT2D eigenvalue weighted by Gasteiger charge is 2.11. The van der Waals surface area contributed by atoms with Gasteiger partial charge < -0.3 is 10.2 Å². The van der Waals surface area contributed by atoms with E-state index in [1.54, 1.807) is 18.2 Å². The average molecular weight is 291 g/mol. The summed E-state index contributed by atoms with van der Waals surface area (Å²) in [6.45, 7) is 5.47. The zero-order valence-electron chi connectivity index (χ0n) is 12.0. The molecule has 0 saturated heterocycles. The van der Waals surface area contributed by atoms with E-state index in [1.165, 1.54) is 6.07 Å². The van der Waals surface area contributed by atoms with E-state index in [9.17, 15) is 4.39 Å². The van der Waals surface area contributed by atoms with Crippen molar-refractivity contribution in [1.82, 2.24) is 15.0 Å². The number of para-hydroxylation sites is 1. The highest BCUT2D eigenvalue weighted by molar-refractivity contribution is 5.56. The van der Waals surface area contributed by atoms with Crippen molar-refractivity contribution < 1.29 is 4.39 Å². The Labute approximate surface area is 122 Å². The number of nitrogens with one attached hydrogen (secondary N) is 2. The van der Waals surface area contributed by atoms with Crippen LogP contribution in [0.3, 0.4) is 0 Å². The lowest BCUT2D eigenvalue weighted by atomic mass is 10.3. The molecule has 0 aliphatic carbocycles. The van der Waals surface area contributed by atoms with Crippen molar-refractivity contribution in [3.05, 3.63) is 30.1 Å². The summed E-state index contributed by atoms with van der Waals surface area (Å²) in [5, 5.41) is 2.83. The van der Waals surface area contributed by atoms with Gasteiger partial charge in [0, 0.05) is 13.1 Å². The van der Waals surface area contributed by atoms with Gasteiger partial charge in [-0.05, 0) is 26.0 Å². The number of nitrogens with two attached hydrogens (primary N) is 1. The Balaban J connectivity index is 2.35. The van der Waals surface area contributed by atoms with Crippen LogP contribution in [0, 0.1) is 5.82 Å². The van der Waals surface area contributed by atoms with E-state index in [0.717, 1.165) is 13.1 Å². The molecule has 0 aliphatic heterocycles. The first kappa shape index (κ1) is 14.9. The molecule has 8 heteroatoms. The van der Waals surface area contributed by atoms with Crippen molar-refractivity contribution in [3.8, 4) is 0 Å². The third-order valence-electron chi connectivity index (χ3n) is 2.92. The Morgan fingerprint density at radius 2 is 1.76 bits per heavy atom. The van der Waals surface area contributed by atoms with Crippen LogP contribution < -0.4 is 21.5 Å². The number of hydrazine groups is 1. The smallest absolute Gasteiger partial charge is 0.243 e. The number of rotatable bonds is 6. The van der Waals surface area contributed by atoms with Gasteiger partial charge in [-0.25, -0.2) is 10.2 Å². The molecule has 7 nitrogen and oxygen atoms in total. The third kappa shape index (κ3) is 3.54. The van der Waals surface area contributed by atoms with Crippen molar-refractivity contribution in [1.29, 1.82) is 0 Å². The van der Waals surface area contributed by atoms with Crippen LogP contribution in [0.4, 0.5) is 27.9 Å². The second kappa shape index (κ2) is 6.80. The number of hydrogen-bond acceptors (Lipinski definition) is 7. The van der Waals surface area contributed by atoms with E-state index >= 15 is 0 Å². The molecule has 112 valence electrons. The summed E-state index contributed by atoms with van der Waals surface area (Å²) in [7, 11) is 0. The molecule has 1 aromatic heterocycles. The lowest BCUT2D eigenvalue weighted by Crippen LogP contribution is -2.26. The number of nitrogens with zero attached hydrogens (tertiary/aromatic N) is 4. The number of nitrogen functional groups attached to an aromatic ring is 1. The van der Waals surface area contributed by atoms with E-state index in [-0.39, 0.29) is 23.4 Å². The van der Waals surface area contributed by atoms with Crippen molar-refractivity contribution >= 4 is 23.5 Å². The average Bonchev–Trinajstić information content (AvgIpc) is 2.50. The molecule has 1 heterocycles. The monoisotopic (exact) mass is 291 g/mol. The minimum Gasteiger partial charge on any atom is -0.341 e. The molecule has 4 N–H and O–H groups in total. The maximum atomic E-state index is 13.7. The Kier molecular flexibility index (Phi) is 4.83. The maximum Gasteiger partial charge on any atom is 0.243 e. The molecule has 0 aliphatic rings. The predicted molar refractivity (Wildman–Crippen MR) is 80.9 cm³/mol. The third-order valence-corrected chi connectivity index (χ3v) is 2.92. The Morgan fingerprint density at radius 3 is 2.38 bits per heavy atom. The van der Waals surface area contributed by atoms with Crippen LogP contribution in [0.1, 0.15) is 13.8 Å². The number of halogens is 1. The summed E-state index contributed by atoms with van der Waals surface area (Å²) in [4.78, 5) is 14.5. The molecule has 0 bridgehead atoms. The van der Waals surface area contributed by atoms with Gasteiger partial charge in [0.15, 0.2) is 0 Å². The molecule has 0 atom stereocenters. The molecule has 0 spiro atoms. The molecular weight excluding hydrogens is 273 g/mol. The summed E-state index contributed by atoms with van der Waals surface area (Å²) in [5.74, 6) is 5.90. The second-order valence-corrected chi connectivity index (χ2v) is 4.20. The van der Waals surface area contributed by atoms with Gasteiger partial charge in [-0.15, -0.1) is 0 Å². The molecule has 2 rings (SSSR count). The number of hydrogen-bond donors (Lipinski definition) is 3. The largest absolute Gasteiger partial charge is 0.341 e. The molecule has 1 aromatic carbocycles. The Bertz CT molecular complexity index is 601. The van der Waals surface area contributed by atoms with Crippen molar-refractivity contribution in [2.24, 2.45) is 5.84 Å². The number of aromatic nitrogens is 3. The number of anilines is 4. The predicted octanol–water partition coefficient (Wildman–Crippen LogP) is 1.89. The summed E-state index contributed by atoms with van der Waals surface area (Å²) in [6.07, 6.45) is 0. The van der Waals surface area contributed by atoms with Crippen LogP contribution >= 0.6 is 0 Å². The molecule has 0 radical (unpaired) electrons. The van der Waals surface area contributed by atoms with Crippen molar-refractivity contribution in [2.75, 3.05) is 28.7 Å². The van der Waals surface area contributed by atoms with Crippen LogP contribution in [0.5, 0.6) is 0 Å². The van der Waals surface area contributed by atoms with E-state index in [2.05, 4.69) is 25.7 Å². The van der Waals surface area contributed by atoms with Gasteiger partial charge >= 0.3 is 0 Å². The highest BCUT2D eigenvalue weighted by Crippen LogP contribution is 2.19. The fourth-order valence-electron chi connectivity index (χ4n) is 1.82. The maximum absolute atomic E-state index is 13.7. The van der Waals surface area contributed by atoms with E-state index < -0.39 is 0 Å². The van der Waals surface area contributed by atoms with Gasteiger partial charge in [0.25, 0.3) is 0 Å². The van der Waals surface area contributed by atoms with E-state index in [0.29, 0.717) is 5.95 Å². The first-order valence-electron chi connectivity index (χ1n) is 6.67. The van der Waals surface area contributed by atoms with Crippen LogP contribution in [0.2, 0.25) is 0 Å². The highest BCUT2D eigenvalue weighted by atomic mass is 19.1. The summed E-state index contributed by atoms with van der Waals surface area (Å²) < 4.78 is 13.7. The molecule has 0 amide bonds. The first-order chi connectivity index (χ1) is 10.2. The van der Waals surface area contributed by atoms with Gasteiger partial charge in [-0.3, -0.25) is 5.43 Å². The first-order valence-corrected chi connectivity index (χ1v) is 6.67. The van der Waals surface area contributed by atoms with Crippen molar-refractivity contribution in [2.45, 2.75) is 13.8 Å². The van der Waals surface area contributed by atoms with Crippen molar-refractivity contribution in [3.63, 3.8) is 0 Å². The quantitative estimate of drug-likeness (QED) is 0.553. The molecule has 0 unspecified atom stereocenters. The Morgan fingerprint density at radius 1 is 1.10 bits per heavy atom. The van der Waals surface area contributed by atoms with Gasteiger partial charge in [0.2, 0.25) is 17.8 Å². The van der Waals surface area contributed by atoms with Crippen LogP contribution in [-0.4, -0.2) is 28.0 Å². The second-order valence-electron chi connectivity index (χ2n) is 4.20. The standard InChI is InChI=1S/C13H18FN7/c1-3-21(4-2)13-18-11(17-12(19-13)20-15)16-10-8-6-5-7-9(10)14/h5-8H,3-4,15H2,1-2H3,(H2,16,17,18,19,20). The zero-order valence-corrected chi connectivity index (χ0v) is 12.0. The molecular formula is C13H18FN7. The summed E-state index contributed by atoms with van der Waals surface area (Å²) >= 11 is 0. The summed E-state index contributed by atoms with van der Waals surface area (Å²) in [6, 6.07) is 6.30. The SMILES string of the molecule is CCN(CC)c1nc(NN)nc(Nc2ccccc2F)n1. The van der Waals surface area contributed by atoms with Crippen LogP contribution in [0.15, 0.2) is 24.3 Å². The minimum absolute atomic E-state index is 0.214. The van der Waals surface area contributed by atoms with E-state index in [4.69, 9.17) is 5.84 Å². The summed E-state index contributed by atoms with van der Waals surface area (Å²) in [5.41, 5.74) is 2.68. The van der Waals surface area contributed by atoms with Gasteiger partial charge in [0.05, 0.1) is 5.69 Å². The zero-order chi connectivity index (χ0) is 15.2. The molecule has 2 aromatic rings. The van der Waals surface area contributed by atoms with Gasteiger partial charge in [-0.1, -0.05) is 12.1 Å². The lowest BCUT2D eigenvalue weighted by molar-refractivity contribution is 0.631. The molecule has 21 heavy (non-hydrogen) atoms. The fraction of sp³-hybridized carbons (Fsp3) is 0.308. The minimum atomic E-state index is -0.385. The van der Waals surface area contributed by atoms with Crippen LogP contribution in [0.25, 0.3) is 0 Å². The normalized spacial score (nSPS) is 10.3. The lowest BCUT2D eigenvalue weighted by Gasteiger charge is -2.19. The van der Waals surface area contributed by atoms with Gasteiger partial charge in [-0.2, -0.15) is 15.0 Å². The Hall–Kier alpha value is -2.48. The molecule has 0 saturated carbocycles. The fourth-order valence-corrected chi connectivity index (χ4v) is 1.82. The number of benzene rings is 1. The van der Waals surface area contributed by atoms with E-state index in [1.807, 2.05) is 18.7 Å². The topological polar surface area (TPSA) is 92.0 Å². The van der Waals surface area contributed by atoms with Gasteiger partial charge in [0.1, 0.15) is 5.82 Å². The molecule has 0 fully saturated rings.